The monoisotopic (exact) mass is 287 g/mol. The number of hydrogen-bond donors (Lipinski definition) is 1. The summed E-state index contributed by atoms with van der Waals surface area (Å²) in [5.74, 6) is 0.886. The topological polar surface area (TPSA) is 39.1 Å². The van der Waals surface area contributed by atoms with Crippen LogP contribution in [0.15, 0.2) is 18.2 Å². The molecule has 1 aromatic carbocycles. The summed E-state index contributed by atoms with van der Waals surface area (Å²) in [6.45, 7) is 11.5. The van der Waals surface area contributed by atoms with Crippen LogP contribution in [0.25, 0.3) is 0 Å². The first-order valence-electron chi connectivity index (χ1n) is 7.43. The number of rotatable bonds is 5. The molecule has 4 nitrogen and oxygen atoms in total. The van der Waals surface area contributed by atoms with Crippen LogP contribution < -0.4 is 10.1 Å². The van der Waals surface area contributed by atoms with E-state index in [2.05, 4.69) is 55.8 Å². The molecule has 1 atom stereocenters. The van der Waals surface area contributed by atoms with E-state index in [-0.39, 0.29) is 6.04 Å². The van der Waals surface area contributed by atoms with Gasteiger partial charge in [0.25, 0.3) is 0 Å². The molecule has 0 bridgehead atoms. The van der Waals surface area contributed by atoms with Crippen LogP contribution in [0.1, 0.15) is 42.4 Å². The highest BCUT2D eigenvalue weighted by atomic mass is 16.5. The lowest BCUT2D eigenvalue weighted by Crippen LogP contribution is -2.10. The minimum atomic E-state index is 0.220. The van der Waals surface area contributed by atoms with Crippen LogP contribution in [-0.2, 0) is 6.54 Å². The van der Waals surface area contributed by atoms with E-state index in [1.165, 1.54) is 16.8 Å². The number of hydrogen-bond acceptors (Lipinski definition) is 3. The first-order valence-corrected chi connectivity index (χ1v) is 7.43. The molecule has 0 saturated heterocycles. The average Bonchev–Trinajstić information content (AvgIpc) is 2.75. The number of nitrogens with one attached hydrogen (secondary N) is 1. The molecule has 0 saturated carbocycles. The average molecular weight is 287 g/mol. The molecule has 1 aromatic heterocycles. The van der Waals surface area contributed by atoms with Gasteiger partial charge in [0, 0.05) is 23.5 Å². The molecule has 1 unspecified atom stereocenters. The standard InChI is InChI=1S/C17H25N3O/c1-7-20-14(5)17(13(4)19-20)12(3)18-16-9-8-15(21-6)10-11(16)2/h8-10,12,18H,7H2,1-6H3. The van der Waals surface area contributed by atoms with Crippen molar-refractivity contribution in [2.45, 2.75) is 47.2 Å². The maximum atomic E-state index is 5.25. The van der Waals surface area contributed by atoms with E-state index in [0.717, 1.165) is 23.7 Å². The minimum absolute atomic E-state index is 0.220. The highest BCUT2D eigenvalue weighted by Gasteiger charge is 2.17. The zero-order valence-corrected chi connectivity index (χ0v) is 13.8. The predicted octanol–water partition coefficient (Wildman–Crippen LogP) is 4.01. The molecule has 21 heavy (non-hydrogen) atoms. The lowest BCUT2D eigenvalue weighted by Gasteiger charge is -2.18. The van der Waals surface area contributed by atoms with E-state index in [1.807, 2.05) is 12.1 Å². The maximum Gasteiger partial charge on any atom is 0.119 e. The Labute approximate surface area is 127 Å². The Morgan fingerprint density at radius 1 is 1.29 bits per heavy atom. The molecule has 1 N–H and O–H groups in total. The number of aryl methyl sites for hydroxylation is 3. The number of aromatic nitrogens is 2. The Balaban J connectivity index is 2.26. The number of ether oxygens (including phenoxy) is 1. The van der Waals surface area contributed by atoms with Crippen molar-refractivity contribution >= 4 is 5.69 Å². The molecule has 0 aliphatic heterocycles. The molecule has 0 radical (unpaired) electrons. The highest BCUT2D eigenvalue weighted by Crippen LogP contribution is 2.28. The van der Waals surface area contributed by atoms with Crippen molar-refractivity contribution in [2.24, 2.45) is 0 Å². The molecule has 0 aliphatic rings. The van der Waals surface area contributed by atoms with Crippen molar-refractivity contribution in [3.63, 3.8) is 0 Å². The second-order valence-electron chi connectivity index (χ2n) is 5.45. The van der Waals surface area contributed by atoms with Gasteiger partial charge in [-0.1, -0.05) is 0 Å². The maximum absolute atomic E-state index is 5.25. The van der Waals surface area contributed by atoms with Crippen LogP contribution in [0.2, 0.25) is 0 Å². The largest absolute Gasteiger partial charge is 0.497 e. The fraction of sp³-hybridized carbons (Fsp3) is 0.471. The molecule has 114 valence electrons. The Hall–Kier alpha value is -1.97. The minimum Gasteiger partial charge on any atom is -0.497 e. The third kappa shape index (κ3) is 3.04. The van der Waals surface area contributed by atoms with Gasteiger partial charge in [0.2, 0.25) is 0 Å². The lowest BCUT2D eigenvalue weighted by atomic mass is 10.1. The molecule has 4 heteroatoms. The number of methoxy groups -OCH3 is 1. The van der Waals surface area contributed by atoms with Crippen molar-refractivity contribution in [1.82, 2.24) is 9.78 Å². The first-order chi connectivity index (χ1) is 9.97. The Kier molecular flexibility index (Phi) is 4.56. The van der Waals surface area contributed by atoms with Crippen LogP contribution in [0.4, 0.5) is 5.69 Å². The van der Waals surface area contributed by atoms with E-state index >= 15 is 0 Å². The molecule has 1 heterocycles. The van der Waals surface area contributed by atoms with Crippen molar-refractivity contribution in [2.75, 3.05) is 12.4 Å². The number of nitrogens with zero attached hydrogens (tertiary/aromatic N) is 2. The third-order valence-electron chi connectivity index (χ3n) is 3.98. The smallest absolute Gasteiger partial charge is 0.119 e. The van der Waals surface area contributed by atoms with E-state index in [9.17, 15) is 0 Å². The Morgan fingerprint density at radius 3 is 2.52 bits per heavy atom. The van der Waals surface area contributed by atoms with Gasteiger partial charge in [-0.2, -0.15) is 5.10 Å². The summed E-state index contributed by atoms with van der Waals surface area (Å²) in [5, 5.41) is 8.19. The van der Waals surface area contributed by atoms with Crippen molar-refractivity contribution in [3.8, 4) is 5.75 Å². The molecule has 0 spiro atoms. The van der Waals surface area contributed by atoms with E-state index in [0.29, 0.717) is 0 Å². The molecule has 0 fully saturated rings. The summed E-state index contributed by atoms with van der Waals surface area (Å²) in [5.41, 5.74) is 5.93. The zero-order valence-electron chi connectivity index (χ0n) is 13.8. The van der Waals surface area contributed by atoms with Gasteiger partial charge in [0.05, 0.1) is 18.8 Å². The quantitative estimate of drug-likeness (QED) is 0.903. The molecule has 0 amide bonds. The molecule has 0 aliphatic carbocycles. The highest BCUT2D eigenvalue weighted by molar-refractivity contribution is 5.55. The molecular weight excluding hydrogens is 262 g/mol. The summed E-state index contributed by atoms with van der Waals surface area (Å²) < 4.78 is 7.31. The van der Waals surface area contributed by atoms with Crippen LogP contribution in [0.5, 0.6) is 5.75 Å². The fourth-order valence-electron chi connectivity index (χ4n) is 2.88. The predicted molar refractivity (Wildman–Crippen MR) is 87.1 cm³/mol. The second-order valence-corrected chi connectivity index (χ2v) is 5.45. The van der Waals surface area contributed by atoms with Crippen molar-refractivity contribution < 1.29 is 4.74 Å². The summed E-state index contributed by atoms with van der Waals surface area (Å²) in [7, 11) is 1.69. The van der Waals surface area contributed by atoms with E-state index in [4.69, 9.17) is 4.74 Å². The van der Waals surface area contributed by atoms with Gasteiger partial charge >= 0.3 is 0 Å². The zero-order chi connectivity index (χ0) is 15.6. The second kappa shape index (κ2) is 6.20. The van der Waals surface area contributed by atoms with Gasteiger partial charge in [-0.3, -0.25) is 4.68 Å². The first kappa shape index (κ1) is 15.4. The summed E-state index contributed by atoms with van der Waals surface area (Å²) >= 11 is 0. The lowest BCUT2D eigenvalue weighted by molar-refractivity contribution is 0.414. The van der Waals surface area contributed by atoms with E-state index in [1.54, 1.807) is 7.11 Å². The normalized spacial score (nSPS) is 12.3. The molecule has 2 aromatic rings. The summed E-state index contributed by atoms with van der Waals surface area (Å²) in [6.07, 6.45) is 0. The Morgan fingerprint density at radius 2 is 2.00 bits per heavy atom. The van der Waals surface area contributed by atoms with Crippen LogP contribution >= 0.6 is 0 Å². The summed E-state index contributed by atoms with van der Waals surface area (Å²) in [4.78, 5) is 0. The van der Waals surface area contributed by atoms with E-state index < -0.39 is 0 Å². The van der Waals surface area contributed by atoms with Gasteiger partial charge in [0.15, 0.2) is 0 Å². The van der Waals surface area contributed by atoms with Crippen molar-refractivity contribution in [1.29, 1.82) is 0 Å². The van der Waals surface area contributed by atoms with Crippen LogP contribution in [0.3, 0.4) is 0 Å². The SMILES string of the molecule is CCn1nc(C)c(C(C)Nc2ccc(OC)cc2C)c1C. The van der Waals surface area contributed by atoms with Gasteiger partial charge in [-0.25, -0.2) is 0 Å². The van der Waals surface area contributed by atoms with Crippen molar-refractivity contribution in [3.05, 3.63) is 40.7 Å². The van der Waals surface area contributed by atoms with Gasteiger partial charge in [0.1, 0.15) is 5.75 Å². The number of anilines is 1. The fourth-order valence-corrected chi connectivity index (χ4v) is 2.88. The van der Waals surface area contributed by atoms with Gasteiger partial charge < -0.3 is 10.1 Å². The third-order valence-corrected chi connectivity index (χ3v) is 3.98. The molecular formula is C17H25N3O. The van der Waals surface area contributed by atoms with Crippen LogP contribution in [-0.4, -0.2) is 16.9 Å². The number of benzene rings is 1. The summed E-state index contributed by atoms with van der Waals surface area (Å²) in [6, 6.07) is 6.32. The molecule has 2 rings (SSSR count). The Bertz CT molecular complexity index is 631. The van der Waals surface area contributed by atoms with Gasteiger partial charge in [-0.15, -0.1) is 0 Å². The van der Waals surface area contributed by atoms with Crippen LogP contribution in [0, 0.1) is 20.8 Å². The van der Waals surface area contributed by atoms with Gasteiger partial charge in [-0.05, 0) is 58.4 Å².